The highest BCUT2D eigenvalue weighted by Gasteiger charge is 2.27. The van der Waals surface area contributed by atoms with E-state index >= 15 is 0 Å². The van der Waals surface area contributed by atoms with E-state index < -0.39 is 10.9 Å². The Kier molecular flexibility index (Phi) is 4.62. The van der Waals surface area contributed by atoms with Gasteiger partial charge in [-0.25, -0.2) is 0 Å². The van der Waals surface area contributed by atoms with Crippen LogP contribution in [0.5, 0.6) is 5.75 Å². The van der Waals surface area contributed by atoms with E-state index in [0.29, 0.717) is 24.5 Å². The molecule has 1 aromatic carbocycles. The number of rotatable bonds is 5. The van der Waals surface area contributed by atoms with E-state index in [2.05, 4.69) is 0 Å². The average Bonchev–Trinajstić information content (AvgIpc) is 2.46. The normalized spacial score (nSPS) is 18.3. The van der Waals surface area contributed by atoms with Crippen LogP contribution in [0.2, 0.25) is 0 Å². The van der Waals surface area contributed by atoms with Crippen molar-refractivity contribution in [2.75, 3.05) is 25.1 Å². The van der Waals surface area contributed by atoms with Gasteiger partial charge in [0, 0.05) is 31.6 Å². The third-order valence-electron chi connectivity index (χ3n) is 3.70. The molecule has 2 rings (SSSR count). The summed E-state index contributed by atoms with van der Waals surface area (Å²) in [5.41, 5.74) is 0.515. The SMILES string of the molecule is COc1ccc([N+](=O)[O-])c(N2CCCC(CC(=O)O)C2)c1. The summed E-state index contributed by atoms with van der Waals surface area (Å²) in [6.45, 7) is 1.20. The third kappa shape index (κ3) is 3.62. The predicted molar refractivity (Wildman–Crippen MR) is 76.8 cm³/mol. The van der Waals surface area contributed by atoms with Gasteiger partial charge >= 0.3 is 5.97 Å². The van der Waals surface area contributed by atoms with Gasteiger partial charge in [0.05, 0.1) is 12.0 Å². The molecule has 7 nitrogen and oxygen atoms in total. The molecule has 1 N–H and O–H groups in total. The third-order valence-corrected chi connectivity index (χ3v) is 3.70. The average molecular weight is 294 g/mol. The molecule has 21 heavy (non-hydrogen) atoms. The van der Waals surface area contributed by atoms with Gasteiger partial charge in [0.25, 0.3) is 5.69 Å². The summed E-state index contributed by atoms with van der Waals surface area (Å²) in [6, 6.07) is 4.62. The number of aliphatic carboxylic acids is 1. The molecule has 0 aromatic heterocycles. The van der Waals surface area contributed by atoms with Crippen molar-refractivity contribution in [2.24, 2.45) is 5.92 Å². The number of nitrogens with zero attached hydrogens (tertiary/aromatic N) is 2. The highest BCUT2D eigenvalue weighted by molar-refractivity contribution is 5.68. The van der Waals surface area contributed by atoms with Gasteiger partial charge in [0.15, 0.2) is 0 Å². The molecule has 0 saturated carbocycles. The van der Waals surface area contributed by atoms with Gasteiger partial charge < -0.3 is 14.7 Å². The summed E-state index contributed by atoms with van der Waals surface area (Å²) in [6.07, 6.45) is 1.75. The second-order valence-electron chi connectivity index (χ2n) is 5.16. The molecule has 0 aliphatic carbocycles. The molecular formula is C14H18N2O5. The van der Waals surface area contributed by atoms with E-state index in [0.717, 1.165) is 12.8 Å². The van der Waals surface area contributed by atoms with E-state index in [1.807, 2.05) is 4.90 Å². The van der Waals surface area contributed by atoms with Crippen LogP contribution in [0.15, 0.2) is 18.2 Å². The molecule has 0 spiro atoms. The van der Waals surface area contributed by atoms with Crippen molar-refractivity contribution in [1.29, 1.82) is 0 Å². The zero-order valence-electron chi connectivity index (χ0n) is 11.8. The number of hydrogen-bond acceptors (Lipinski definition) is 5. The van der Waals surface area contributed by atoms with Crippen molar-refractivity contribution in [1.82, 2.24) is 0 Å². The first-order valence-electron chi connectivity index (χ1n) is 6.80. The van der Waals surface area contributed by atoms with Gasteiger partial charge in [-0.05, 0) is 24.8 Å². The van der Waals surface area contributed by atoms with Crippen LogP contribution in [0.1, 0.15) is 19.3 Å². The highest BCUT2D eigenvalue weighted by Crippen LogP contribution is 2.35. The van der Waals surface area contributed by atoms with Crippen LogP contribution >= 0.6 is 0 Å². The van der Waals surface area contributed by atoms with Crippen LogP contribution in [-0.4, -0.2) is 36.2 Å². The lowest BCUT2D eigenvalue weighted by molar-refractivity contribution is -0.384. The molecule has 114 valence electrons. The Hall–Kier alpha value is -2.31. The molecule has 1 fully saturated rings. The minimum absolute atomic E-state index is 0.0158. The van der Waals surface area contributed by atoms with Crippen LogP contribution in [0.3, 0.4) is 0 Å². The number of piperidine rings is 1. The molecule has 1 aliphatic heterocycles. The maximum Gasteiger partial charge on any atom is 0.303 e. The minimum Gasteiger partial charge on any atom is -0.497 e. The highest BCUT2D eigenvalue weighted by atomic mass is 16.6. The molecule has 7 heteroatoms. The molecule has 1 aromatic rings. The molecule has 1 unspecified atom stereocenters. The predicted octanol–water partition coefficient (Wildman–Crippen LogP) is 2.29. The van der Waals surface area contributed by atoms with Crippen LogP contribution in [0, 0.1) is 16.0 Å². The second-order valence-corrected chi connectivity index (χ2v) is 5.16. The number of ether oxygens (including phenoxy) is 1. The molecular weight excluding hydrogens is 276 g/mol. The molecule has 0 bridgehead atoms. The topological polar surface area (TPSA) is 92.9 Å². The van der Waals surface area contributed by atoms with Crippen LogP contribution < -0.4 is 9.64 Å². The van der Waals surface area contributed by atoms with Crippen LogP contribution in [0.4, 0.5) is 11.4 Å². The Morgan fingerprint density at radius 2 is 2.33 bits per heavy atom. The van der Waals surface area contributed by atoms with Crippen molar-refractivity contribution >= 4 is 17.3 Å². The quantitative estimate of drug-likeness (QED) is 0.661. The van der Waals surface area contributed by atoms with Crippen LogP contribution in [0.25, 0.3) is 0 Å². The van der Waals surface area contributed by atoms with Crippen molar-refractivity contribution < 1.29 is 19.6 Å². The van der Waals surface area contributed by atoms with Gasteiger partial charge in [0.1, 0.15) is 11.4 Å². The lowest BCUT2D eigenvalue weighted by Crippen LogP contribution is -2.36. The van der Waals surface area contributed by atoms with Gasteiger partial charge in [-0.1, -0.05) is 0 Å². The number of carboxylic acids is 1. The fourth-order valence-electron chi connectivity index (χ4n) is 2.74. The Balaban J connectivity index is 2.26. The fraction of sp³-hybridized carbons (Fsp3) is 0.500. The number of anilines is 1. The van der Waals surface area contributed by atoms with Crippen molar-refractivity contribution in [3.05, 3.63) is 28.3 Å². The Morgan fingerprint density at radius 3 is 2.95 bits per heavy atom. The standard InChI is InChI=1S/C14H18N2O5/c1-21-11-4-5-12(16(19)20)13(8-11)15-6-2-3-10(9-15)7-14(17)18/h4-5,8,10H,2-3,6-7,9H2,1H3,(H,17,18). The Bertz CT molecular complexity index is 546. The smallest absolute Gasteiger partial charge is 0.303 e. The maximum atomic E-state index is 11.2. The van der Waals surface area contributed by atoms with E-state index in [9.17, 15) is 14.9 Å². The number of nitro benzene ring substituents is 1. The van der Waals surface area contributed by atoms with E-state index in [-0.39, 0.29) is 18.0 Å². The lowest BCUT2D eigenvalue weighted by Gasteiger charge is -2.33. The number of nitro groups is 1. The molecule has 0 radical (unpaired) electrons. The van der Waals surface area contributed by atoms with Gasteiger partial charge in [-0.15, -0.1) is 0 Å². The summed E-state index contributed by atoms with van der Waals surface area (Å²) in [7, 11) is 1.51. The summed E-state index contributed by atoms with van der Waals surface area (Å²) < 4.78 is 5.13. The molecule has 1 heterocycles. The number of methoxy groups -OCH3 is 1. The van der Waals surface area contributed by atoms with E-state index in [1.54, 1.807) is 12.1 Å². The van der Waals surface area contributed by atoms with Gasteiger partial charge in [-0.3, -0.25) is 14.9 Å². The lowest BCUT2D eigenvalue weighted by atomic mass is 9.94. The number of benzene rings is 1. The van der Waals surface area contributed by atoms with Crippen molar-refractivity contribution in [3.8, 4) is 5.75 Å². The number of carboxylic acid groups (broad SMARTS) is 1. The Morgan fingerprint density at radius 1 is 1.57 bits per heavy atom. The molecule has 0 amide bonds. The van der Waals surface area contributed by atoms with Gasteiger partial charge in [0.2, 0.25) is 0 Å². The Labute approximate surface area is 122 Å². The zero-order valence-corrected chi connectivity index (χ0v) is 11.8. The first-order chi connectivity index (χ1) is 10.0. The zero-order chi connectivity index (χ0) is 15.4. The van der Waals surface area contributed by atoms with Gasteiger partial charge in [-0.2, -0.15) is 0 Å². The molecule has 1 atom stereocenters. The first-order valence-corrected chi connectivity index (χ1v) is 6.80. The largest absolute Gasteiger partial charge is 0.497 e. The van der Waals surface area contributed by atoms with E-state index in [4.69, 9.17) is 9.84 Å². The summed E-state index contributed by atoms with van der Waals surface area (Å²) in [5.74, 6) is -0.264. The number of hydrogen-bond donors (Lipinski definition) is 1. The second kappa shape index (κ2) is 6.43. The maximum absolute atomic E-state index is 11.2. The molecule has 1 aliphatic rings. The summed E-state index contributed by atoms with van der Waals surface area (Å²) >= 11 is 0. The van der Waals surface area contributed by atoms with Crippen molar-refractivity contribution in [3.63, 3.8) is 0 Å². The first kappa shape index (κ1) is 15.1. The van der Waals surface area contributed by atoms with Crippen molar-refractivity contribution in [2.45, 2.75) is 19.3 Å². The van der Waals surface area contributed by atoms with Crippen LogP contribution in [-0.2, 0) is 4.79 Å². The molecule has 1 saturated heterocycles. The summed E-state index contributed by atoms with van der Waals surface area (Å²) in [5, 5.41) is 20.1. The summed E-state index contributed by atoms with van der Waals surface area (Å²) in [4.78, 5) is 23.5. The monoisotopic (exact) mass is 294 g/mol. The fourth-order valence-corrected chi connectivity index (χ4v) is 2.74. The van der Waals surface area contributed by atoms with E-state index in [1.165, 1.54) is 13.2 Å². The minimum atomic E-state index is -0.831. The number of carbonyl (C=O) groups is 1.